The summed E-state index contributed by atoms with van der Waals surface area (Å²) in [7, 11) is -3.36. The van der Waals surface area contributed by atoms with Crippen LogP contribution in [0.5, 0.6) is 0 Å². The van der Waals surface area contributed by atoms with Gasteiger partial charge in [-0.3, -0.25) is 9.40 Å². The number of nitrogens with one attached hydrogen (secondary N) is 1. The van der Waals surface area contributed by atoms with Gasteiger partial charge in [0.25, 0.3) is 0 Å². The summed E-state index contributed by atoms with van der Waals surface area (Å²) >= 11 is 9.18. The Kier molecular flexibility index (Phi) is 5.88. The zero-order chi connectivity index (χ0) is 16.2. The summed E-state index contributed by atoms with van der Waals surface area (Å²) < 4.78 is 28.6. The van der Waals surface area contributed by atoms with Crippen LogP contribution in [0, 0.1) is 0 Å². The Hall–Kier alpha value is -1.05. The summed E-state index contributed by atoms with van der Waals surface area (Å²) in [5.74, 6) is 0.407. The molecule has 0 saturated carbocycles. The number of hydrogen-bond acceptors (Lipinski definition) is 3. The number of aromatic nitrogens is 2. The van der Waals surface area contributed by atoms with E-state index in [4.69, 9.17) is 11.6 Å². The largest absolute Gasteiger partial charge is 0.265 e. The average molecular weight is 407 g/mol. The molecule has 2 rings (SSSR count). The van der Waals surface area contributed by atoms with Crippen molar-refractivity contribution in [2.75, 3.05) is 10.5 Å². The first kappa shape index (κ1) is 17.3. The third-order valence-corrected chi connectivity index (χ3v) is 5.16. The molecule has 120 valence electrons. The summed E-state index contributed by atoms with van der Waals surface area (Å²) in [6, 6.07) is 7.43. The van der Waals surface area contributed by atoms with Crippen LogP contribution >= 0.6 is 27.5 Å². The number of sulfonamides is 1. The summed E-state index contributed by atoms with van der Waals surface area (Å²) in [6.07, 6.45) is 3.19. The van der Waals surface area contributed by atoms with Gasteiger partial charge in [-0.1, -0.05) is 37.1 Å². The maximum Gasteiger partial charge on any atom is 0.233 e. The molecule has 0 amide bonds. The van der Waals surface area contributed by atoms with Gasteiger partial charge in [0.15, 0.2) is 5.82 Å². The predicted molar refractivity (Wildman–Crippen MR) is 92.8 cm³/mol. The molecular formula is C14H17BrClN3O2S. The van der Waals surface area contributed by atoms with Gasteiger partial charge in [0.1, 0.15) is 0 Å². The van der Waals surface area contributed by atoms with E-state index in [1.165, 1.54) is 0 Å². The quantitative estimate of drug-likeness (QED) is 0.758. The minimum absolute atomic E-state index is 0.0972. The maximum atomic E-state index is 11.9. The van der Waals surface area contributed by atoms with E-state index < -0.39 is 10.0 Å². The summed E-state index contributed by atoms with van der Waals surface area (Å²) in [6.45, 7) is 2.48. The molecule has 0 radical (unpaired) electrons. The zero-order valence-electron chi connectivity index (χ0n) is 12.1. The van der Waals surface area contributed by atoms with Crippen LogP contribution in [0.4, 0.5) is 5.82 Å². The van der Waals surface area contributed by atoms with Crippen molar-refractivity contribution in [2.45, 2.75) is 26.3 Å². The van der Waals surface area contributed by atoms with Crippen molar-refractivity contribution >= 4 is 43.4 Å². The number of hydrogen-bond donors (Lipinski definition) is 1. The van der Waals surface area contributed by atoms with Crippen LogP contribution in [0.1, 0.15) is 25.3 Å². The molecule has 0 bridgehead atoms. The number of halogens is 2. The van der Waals surface area contributed by atoms with Crippen molar-refractivity contribution in [1.82, 2.24) is 9.78 Å². The highest BCUT2D eigenvalue weighted by Crippen LogP contribution is 2.22. The average Bonchev–Trinajstić information content (AvgIpc) is 2.78. The number of benzene rings is 1. The highest BCUT2D eigenvalue weighted by Gasteiger charge is 2.15. The number of anilines is 1. The van der Waals surface area contributed by atoms with Gasteiger partial charge >= 0.3 is 0 Å². The topological polar surface area (TPSA) is 64.0 Å². The summed E-state index contributed by atoms with van der Waals surface area (Å²) in [4.78, 5) is 0. The fraction of sp³-hybridized carbons (Fsp3) is 0.357. The molecule has 0 spiro atoms. The van der Waals surface area contributed by atoms with Gasteiger partial charge < -0.3 is 0 Å². The van der Waals surface area contributed by atoms with E-state index in [0.29, 0.717) is 28.3 Å². The van der Waals surface area contributed by atoms with E-state index in [-0.39, 0.29) is 5.75 Å². The lowest BCUT2D eigenvalue weighted by Crippen LogP contribution is -2.17. The van der Waals surface area contributed by atoms with Crippen LogP contribution in [0.2, 0.25) is 5.02 Å². The highest BCUT2D eigenvalue weighted by atomic mass is 79.9. The van der Waals surface area contributed by atoms with Gasteiger partial charge in [-0.05, 0) is 40.0 Å². The van der Waals surface area contributed by atoms with Gasteiger partial charge in [-0.25, -0.2) is 8.42 Å². The molecule has 0 fully saturated rings. The third-order valence-electron chi connectivity index (χ3n) is 2.99. The summed E-state index contributed by atoms with van der Waals surface area (Å²) in [5.41, 5.74) is 1.03. The second-order valence-electron chi connectivity index (χ2n) is 4.92. The Morgan fingerprint density at radius 2 is 2.00 bits per heavy atom. The van der Waals surface area contributed by atoms with Crippen LogP contribution < -0.4 is 4.72 Å². The first-order valence-corrected chi connectivity index (χ1v) is 9.70. The van der Waals surface area contributed by atoms with Gasteiger partial charge in [0.05, 0.1) is 16.8 Å². The monoisotopic (exact) mass is 405 g/mol. The Morgan fingerprint density at radius 1 is 1.32 bits per heavy atom. The molecule has 8 heteroatoms. The van der Waals surface area contributed by atoms with Crippen molar-refractivity contribution in [1.29, 1.82) is 0 Å². The molecule has 0 saturated heterocycles. The van der Waals surface area contributed by atoms with Crippen LogP contribution in [-0.2, 0) is 16.6 Å². The third kappa shape index (κ3) is 5.00. The SMILES string of the molecule is CCCCS(=O)(=O)Nc1nn(Cc2ccc(Cl)cc2)cc1Br. The molecule has 1 N–H and O–H groups in total. The Morgan fingerprint density at radius 3 is 2.64 bits per heavy atom. The van der Waals surface area contributed by atoms with Gasteiger partial charge in [0.2, 0.25) is 10.0 Å². The Bertz CT molecular complexity index is 729. The van der Waals surface area contributed by atoms with E-state index in [2.05, 4.69) is 25.8 Å². The molecule has 5 nitrogen and oxygen atoms in total. The number of unbranched alkanes of at least 4 members (excludes halogenated alkanes) is 1. The fourth-order valence-electron chi connectivity index (χ4n) is 1.86. The molecule has 0 aliphatic carbocycles. The lowest BCUT2D eigenvalue weighted by atomic mass is 10.2. The van der Waals surface area contributed by atoms with E-state index in [0.717, 1.165) is 12.0 Å². The second kappa shape index (κ2) is 7.48. The number of nitrogens with zero attached hydrogens (tertiary/aromatic N) is 2. The minimum atomic E-state index is -3.36. The van der Waals surface area contributed by atoms with Crippen LogP contribution in [0.25, 0.3) is 0 Å². The summed E-state index contributed by atoms with van der Waals surface area (Å²) in [5, 5.41) is 4.94. The van der Waals surface area contributed by atoms with E-state index in [9.17, 15) is 8.42 Å². The normalized spacial score (nSPS) is 11.6. The molecule has 0 unspecified atom stereocenters. The smallest absolute Gasteiger partial charge is 0.233 e. The van der Waals surface area contributed by atoms with E-state index in [1.54, 1.807) is 10.9 Å². The van der Waals surface area contributed by atoms with Crippen molar-refractivity contribution in [2.24, 2.45) is 0 Å². The Labute approximate surface area is 143 Å². The first-order valence-electron chi connectivity index (χ1n) is 6.87. The lowest BCUT2D eigenvalue weighted by molar-refractivity contribution is 0.597. The lowest BCUT2D eigenvalue weighted by Gasteiger charge is -2.05. The van der Waals surface area contributed by atoms with Crippen LogP contribution in [-0.4, -0.2) is 24.0 Å². The fourth-order valence-corrected chi connectivity index (χ4v) is 3.74. The van der Waals surface area contributed by atoms with Crippen LogP contribution in [0.3, 0.4) is 0 Å². The van der Waals surface area contributed by atoms with Gasteiger partial charge in [-0.2, -0.15) is 5.10 Å². The molecule has 22 heavy (non-hydrogen) atoms. The second-order valence-corrected chi connectivity index (χ2v) is 8.06. The Balaban J connectivity index is 2.09. The molecule has 0 aliphatic heterocycles. The minimum Gasteiger partial charge on any atom is -0.265 e. The first-order chi connectivity index (χ1) is 10.4. The van der Waals surface area contributed by atoms with Crippen molar-refractivity contribution in [3.05, 3.63) is 45.5 Å². The van der Waals surface area contributed by atoms with Crippen molar-refractivity contribution < 1.29 is 8.42 Å². The molecule has 1 heterocycles. The van der Waals surface area contributed by atoms with Crippen molar-refractivity contribution in [3.8, 4) is 0 Å². The predicted octanol–water partition coefficient (Wildman–Crippen LogP) is 3.89. The van der Waals surface area contributed by atoms with Crippen molar-refractivity contribution in [3.63, 3.8) is 0 Å². The molecule has 0 atom stereocenters. The molecule has 1 aromatic carbocycles. The molecule has 1 aromatic heterocycles. The van der Waals surface area contributed by atoms with E-state index >= 15 is 0 Å². The van der Waals surface area contributed by atoms with Gasteiger partial charge in [0, 0.05) is 11.2 Å². The van der Waals surface area contributed by atoms with Crippen LogP contribution in [0.15, 0.2) is 34.9 Å². The standard InChI is InChI=1S/C14H17BrClN3O2S/c1-2-3-8-22(20,21)18-14-13(15)10-19(17-14)9-11-4-6-12(16)7-5-11/h4-7,10H,2-3,8-9H2,1H3,(H,17,18). The molecular weight excluding hydrogens is 390 g/mol. The van der Waals surface area contributed by atoms with Gasteiger partial charge in [-0.15, -0.1) is 0 Å². The maximum absolute atomic E-state index is 11.9. The number of rotatable bonds is 7. The highest BCUT2D eigenvalue weighted by molar-refractivity contribution is 9.10. The molecule has 0 aliphatic rings. The molecule has 2 aromatic rings. The zero-order valence-corrected chi connectivity index (χ0v) is 15.2. The van der Waals surface area contributed by atoms with E-state index in [1.807, 2.05) is 31.2 Å².